The minimum absolute atomic E-state index is 0.269. The molecule has 0 radical (unpaired) electrons. The Hall–Kier alpha value is -1.19. The van der Waals surface area contributed by atoms with Crippen LogP contribution in [0.2, 0.25) is 0 Å². The van der Waals surface area contributed by atoms with E-state index in [2.05, 4.69) is 0 Å². The van der Waals surface area contributed by atoms with E-state index < -0.39 is 17.2 Å². The zero-order valence-electron chi connectivity index (χ0n) is 10.4. The highest BCUT2D eigenvalue weighted by Gasteiger charge is 2.38. The van der Waals surface area contributed by atoms with Crippen LogP contribution in [0.1, 0.15) is 43.9 Å². The number of benzene rings is 1. The Bertz CT molecular complexity index is 419. The first-order valence-electron chi connectivity index (χ1n) is 5.51. The van der Waals surface area contributed by atoms with Gasteiger partial charge in [0.05, 0.1) is 5.56 Å². The molecule has 0 aliphatic heterocycles. The number of alkyl halides is 3. The lowest BCUT2D eigenvalue weighted by molar-refractivity contribution is -0.138. The van der Waals surface area contributed by atoms with E-state index in [0.717, 1.165) is 6.07 Å². The van der Waals surface area contributed by atoms with Crippen LogP contribution in [0, 0.1) is 6.92 Å². The van der Waals surface area contributed by atoms with Crippen LogP contribution in [0.15, 0.2) is 12.1 Å². The molecule has 0 saturated heterocycles. The van der Waals surface area contributed by atoms with Crippen molar-refractivity contribution in [3.8, 4) is 5.75 Å². The van der Waals surface area contributed by atoms with E-state index in [1.165, 1.54) is 6.07 Å². The van der Waals surface area contributed by atoms with Crippen molar-refractivity contribution in [3.05, 3.63) is 28.8 Å². The van der Waals surface area contributed by atoms with Crippen molar-refractivity contribution in [3.63, 3.8) is 0 Å². The highest BCUT2D eigenvalue weighted by molar-refractivity contribution is 5.46. The van der Waals surface area contributed by atoms with Crippen molar-refractivity contribution in [2.75, 3.05) is 0 Å². The van der Waals surface area contributed by atoms with Gasteiger partial charge in [-0.3, -0.25) is 0 Å². The van der Waals surface area contributed by atoms with Crippen molar-refractivity contribution in [2.24, 2.45) is 0 Å². The molecule has 1 N–H and O–H groups in total. The molecule has 0 aliphatic rings. The lowest BCUT2D eigenvalue weighted by atomic mass is 9.77. The Kier molecular flexibility index (Phi) is 3.46. The van der Waals surface area contributed by atoms with Crippen molar-refractivity contribution < 1.29 is 18.3 Å². The molecule has 0 heterocycles. The first-order chi connectivity index (χ1) is 7.59. The van der Waals surface area contributed by atoms with E-state index >= 15 is 0 Å². The zero-order chi connectivity index (χ0) is 13.4. The summed E-state index contributed by atoms with van der Waals surface area (Å²) >= 11 is 0. The van der Waals surface area contributed by atoms with Gasteiger partial charge < -0.3 is 5.11 Å². The first kappa shape index (κ1) is 13.9. The highest BCUT2D eigenvalue weighted by atomic mass is 19.4. The average Bonchev–Trinajstić information content (AvgIpc) is 2.14. The number of hydrogen-bond acceptors (Lipinski definition) is 1. The van der Waals surface area contributed by atoms with E-state index in [-0.39, 0.29) is 11.3 Å². The predicted molar refractivity (Wildman–Crippen MR) is 61.2 cm³/mol. The van der Waals surface area contributed by atoms with Crippen LogP contribution in [0.5, 0.6) is 5.75 Å². The Morgan fingerprint density at radius 2 is 1.71 bits per heavy atom. The molecule has 0 bridgehead atoms. The van der Waals surface area contributed by atoms with Crippen molar-refractivity contribution >= 4 is 0 Å². The van der Waals surface area contributed by atoms with Gasteiger partial charge in [0.1, 0.15) is 5.75 Å². The number of rotatable bonds is 2. The van der Waals surface area contributed by atoms with Gasteiger partial charge in [-0.2, -0.15) is 13.2 Å². The monoisotopic (exact) mass is 246 g/mol. The average molecular weight is 246 g/mol. The number of phenolic OH excluding ortho intramolecular Hbond substituents is 1. The molecule has 17 heavy (non-hydrogen) atoms. The Morgan fingerprint density at radius 1 is 1.18 bits per heavy atom. The van der Waals surface area contributed by atoms with Crippen LogP contribution in [0.25, 0.3) is 0 Å². The summed E-state index contributed by atoms with van der Waals surface area (Å²) in [5.74, 6) is -0.342. The number of aryl methyl sites for hydroxylation is 1. The van der Waals surface area contributed by atoms with Gasteiger partial charge in [-0.05, 0) is 42.0 Å². The van der Waals surface area contributed by atoms with Gasteiger partial charge in [0.2, 0.25) is 0 Å². The van der Waals surface area contributed by atoms with Crippen LogP contribution in [0.3, 0.4) is 0 Å². The summed E-state index contributed by atoms with van der Waals surface area (Å²) in [6.45, 7) is 7.01. The molecule has 0 fully saturated rings. The molecule has 0 unspecified atom stereocenters. The number of halogens is 3. The molecule has 0 amide bonds. The standard InChI is InChI=1S/C13H17F3O/c1-5-12(3,4)11-8(2)6-9(17)7-10(11)13(14,15)16/h6-7,17H,5H2,1-4H3. The summed E-state index contributed by atoms with van der Waals surface area (Å²) in [4.78, 5) is 0. The topological polar surface area (TPSA) is 20.2 Å². The molecule has 0 atom stereocenters. The highest BCUT2D eigenvalue weighted by Crippen LogP contribution is 2.42. The van der Waals surface area contributed by atoms with Gasteiger partial charge in [0.25, 0.3) is 0 Å². The second-order valence-corrected chi connectivity index (χ2v) is 4.92. The van der Waals surface area contributed by atoms with Gasteiger partial charge in [-0.15, -0.1) is 0 Å². The number of phenols is 1. The third-order valence-corrected chi connectivity index (χ3v) is 3.19. The second kappa shape index (κ2) is 4.24. The van der Waals surface area contributed by atoms with Gasteiger partial charge in [-0.1, -0.05) is 20.8 Å². The maximum Gasteiger partial charge on any atom is 0.416 e. The molecule has 96 valence electrons. The number of aromatic hydroxyl groups is 1. The van der Waals surface area contributed by atoms with Crippen molar-refractivity contribution in [1.29, 1.82) is 0 Å². The van der Waals surface area contributed by atoms with Crippen LogP contribution in [-0.4, -0.2) is 5.11 Å². The van der Waals surface area contributed by atoms with E-state index in [4.69, 9.17) is 0 Å². The van der Waals surface area contributed by atoms with Gasteiger partial charge in [0.15, 0.2) is 0 Å². The van der Waals surface area contributed by atoms with Crippen LogP contribution in [-0.2, 0) is 11.6 Å². The Balaban J connectivity index is 3.58. The number of hydrogen-bond donors (Lipinski definition) is 1. The molecule has 1 aromatic carbocycles. The first-order valence-corrected chi connectivity index (χ1v) is 5.51. The van der Waals surface area contributed by atoms with Crippen LogP contribution in [0.4, 0.5) is 13.2 Å². The minimum atomic E-state index is -4.44. The van der Waals surface area contributed by atoms with Crippen molar-refractivity contribution in [1.82, 2.24) is 0 Å². The summed E-state index contributed by atoms with van der Waals surface area (Å²) in [5, 5.41) is 9.32. The summed E-state index contributed by atoms with van der Waals surface area (Å²) in [6, 6.07) is 2.18. The Morgan fingerprint density at radius 3 is 2.12 bits per heavy atom. The molecular formula is C13H17F3O. The molecule has 4 heteroatoms. The fraction of sp³-hybridized carbons (Fsp3) is 0.538. The molecule has 0 aromatic heterocycles. The Labute approximate surface area is 99.3 Å². The summed E-state index contributed by atoms with van der Waals surface area (Å²) < 4.78 is 38.9. The van der Waals surface area contributed by atoms with E-state index in [1.54, 1.807) is 20.8 Å². The zero-order valence-corrected chi connectivity index (χ0v) is 10.4. The quantitative estimate of drug-likeness (QED) is 0.819. The third kappa shape index (κ3) is 2.73. The lowest BCUT2D eigenvalue weighted by Crippen LogP contribution is -2.23. The SMILES string of the molecule is CCC(C)(C)c1c(C)cc(O)cc1C(F)(F)F. The van der Waals surface area contributed by atoms with Gasteiger partial charge >= 0.3 is 6.18 Å². The predicted octanol–water partition coefficient (Wildman–Crippen LogP) is 4.41. The van der Waals surface area contributed by atoms with Crippen LogP contribution < -0.4 is 0 Å². The smallest absolute Gasteiger partial charge is 0.416 e. The van der Waals surface area contributed by atoms with Crippen molar-refractivity contribution in [2.45, 2.75) is 45.7 Å². The normalized spacial score (nSPS) is 12.9. The van der Waals surface area contributed by atoms with E-state index in [1.807, 2.05) is 6.92 Å². The lowest BCUT2D eigenvalue weighted by Gasteiger charge is -2.29. The van der Waals surface area contributed by atoms with Crippen LogP contribution >= 0.6 is 0 Å². The minimum Gasteiger partial charge on any atom is -0.508 e. The van der Waals surface area contributed by atoms with Gasteiger partial charge in [-0.25, -0.2) is 0 Å². The summed E-state index contributed by atoms with van der Waals surface area (Å²) in [5.41, 5.74) is -0.556. The molecule has 0 aliphatic carbocycles. The molecule has 1 rings (SSSR count). The van der Waals surface area contributed by atoms with Gasteiger partial charge in [0, 0.05) is 0 Å². The fourth-order valence-corrected chi connectivity index (χ4v) is 2.07. The molecule has 1 nitrogen and oxygen atoms in total. The van der Waals surface area contributed by atoms with E-state index in [0.29, 0.717) is 12.0 Å². The fourth-order valence-electron chi connectivity index (χ4n) is 2.07. The molecular weight excluding hydrogens is 229 g/mol. The largest absolute Gasteiger partial charge is 0.508 e. The summed E-state index contributed by atoms with van der Waals surface area (Å²) in [7, 11) is 0. The maximum absolute atomic E-state index is 13.0. The third-order valence-electron chi connectivity index (χ3n) is 3.19. The molecule has 0 saturated carbocycles. The summed E-state index contributed by atoms with van der Waals surface area (Å²) in [6.07, 6.45) is -3.84. The second-order valence-electron chi connectivity index (χ2n) is 4.92. The molecule has 1 aromatic rings. The maximum atomic E-state index is 13.0. The molecule has 0 spiro atoms. The van der Waals surface area contributed by atoms with E-state index in [9.17, 15) is 18.3 Å².